The van der Waals surface area contributed by atoms with Gasteiger partial charge < -0.3 is 5.11 Å². The van der Waals surface area contributed by atoms with Crippen LogP contribution in [0, 0.1) is 7.14 Å². The molecular formula is C16H8ClI2NO3S. The van der Waals surface area contributed by atoms with Crippen LogP contribution >= 0.6 is 68.5 Å². The summed E-state index contributed by atoms with van der Waals surface area (Å²) in [6.07, 6.45) is 1.66. The molecule has 2 aromatic carbocycles. The number of imide groups is 1. The molecule has 1 fully saturated rings. The van der Waals surface area contributed by atoms with Gasteiger partial charge in [-0.3, -0.25) is 9.59 Å². The number of amides is 2. The molecule has 0 aromatic heterocycles. The third kappa shape index (κ3) is 3.58. The van der Waals surface area contributed by atoms with E-state index >= 15 is 0 Å². The first kappa shape index (κ1) is 18.0. The molecule has 8 heteroatoms. The number of thioether (sulfide) groups is 1. The molecule has 1 N–H and O–H groups in total. The third-order valence-corrected chi connectivity index (χ3v) is 5.98. The molecule has 0 spiro atoms. The molecule has 0 atom stereocenters. The highest BCUT2D eigenvalue weighted by Crippen LogP contribution is 2.37. The monoisotopic (exact) mass is 583 g/mol. The van der Waals surface area contributed by atoms with Crippen molar-refractivity contribution in [1.82, 2.24) is 0 Å². The second-order valence-corrected chi connectivity index (χ2v) is 8.58. The lowest BCUT2D eigenvalue weighted by atomic mass is 10.2. The van der Waals surface area contributed by atoms with Crippen molar-refractivity contribution in [3.63, 3.8) is 0 Å². The summed E-state index contributed by atoms with van der Waals surface area (Å²) in [7, 11) is 0. The lowest BCUT2D eigenvalue weighted by molar-refractivity contribution is -0.113. The summed E-state index contributed by atoms with van der Waals surface area (Å²) in [5, 5.41) is 10.0. The number of rotatable bonds is 2. The Morgan fingerprint density at radius 1 is 1.08 bits per heavy atom. The quantitative estimate of drug-likeness (QED) is 0.375. The van der Waals surface area contributed by atoms with Gasteiger partial charge in [0.2, 0.25) is 0 Å². The zero-order chi connectivity index (χ0) is 17.4. The second kappa shape index (κ2) is 7.22. The molecule has 0 aliphatic carbocycles. The molecule has 0 radical (unpaired) electrons. The van der Waals surface area contributed by atoms with Gasteiger partial charge in [-0.15, -0.1) is 0 Å². The van der Waals surface area contributed by atoms with Gasteiger partial charge in [-0.05, 0) is 105 Å². The van der Waals surface area contributed by atoms with Crippen LogP contribution in [0.25, 0.3) is 6.08 Å². The van der Waals surface area contributed by atoms with E-state index in [-0.39, 0.29) is 16.9 Å². The zero-order valence-electron chi connectivity index (χ0n) is 11.8. The molecule has 1 aliphatic heterocycles. The second-order valence-electron chi connectivity index (χ2n) is 4.83. The maximum absolute atomic E-state index is 12.6. The highest BCUT2D eigenvalue weighted by molar-refractivity contribution is 14.1. The lowest BCUT2D eigenvalue weighted by Gasteiger charge is -2.12. The number of carbonyl (C=O) groups excluding carboxylic acids is 2. The molecule has 3 rings (SSSR count). The van der Waals surface area contributed by atoms with Crippen LogP contribution in [-0.2, 0) is 4.79 Å². The average molecular weight is 584 g/mol. The Bertz CT molecular complexity index is 860. The van der Waals surface area contributed by atoms with Gasteiger partial charge in [0.25, 0.3) is 11.1 Å². The number of halogens is 3. The highest BCUT2D eigenvalue weighted by atomic mass is 127. The SMILES string of the molecule is O=C1S/C(=C/c2cc(I)c(O)c(I)c2)C(=O)N1c1ccc(Cl)cc1. The zero-order valence-corrected chi connectivity index (χ0v) is 17.7. The largest absolute Gasteiger partial charge is 0.506 e. The molecule has 24 heavy (non-hydrogen) atoms. The number of anilines is 1. The van der Waals surface area contributed by atoms with E-state index in [1.165, 1.54) is 0 Å². The highest BCUT2D eigenvalue weighted by Gasteiger charge is 2.36. The summed E-state index contributed by atoms with van der Waals surface area (Å²) in [4.78, 5) is 26.3. The Morgan fingerprint density at radius 3 is 2.25 bits per heavy atom. The molecule has 1 aliphatic rings. The minimum absolute atomic E-state index is 0.211. The molecule has 1 heterocycles. The Kier molecular flexibility index (Phi) is 5.42. The van der Waals surface area contributed by atoms with Crippen LogP contribution in [0.15, 0.2) is 41.3 Å². The first-order valence-electron chi connectivity index (χ1n) is 6.58. The molecule has 4 nitrogen and oxygen atoms in total. The van der Waals surface area contributed by atoms with Crippen LogP contribution in [0.5, 0.6) is 5.75 Å². The first-order chi connectivity index (χ1) is 11.4. The van der Waals surface area contributed by atoms with Crippen molar-refractivity contribution in [3.05, 3.63) is 59.0 Å². The summed E-state index contributed by atoms with van der Waals surface area (Å²) in [5.74, 6) is -0.159. The fraction of sp³-hybridized carbons (Fsp3) is 0. The van der Waals surface area contributed by atoms with E-state index in [1.807, 2.05) is 45.2 Å². The maximum Gasteiger partial charge on any atom is 0.298 e. The van der Waals surface area contributed by atoms with Crippen molar-refractivity contribution in [2.75, 3.05) is 4.90 Å². The smallest absolute Gasteiger partial charge is 0.298 e. The predicted octanol–water partition coefficient (Wildman–Crippen LogP) is 5.50. The fourth-order valence-corrected chi connectivity index (χ4v) is 4.88. The van der Waals surface area contributed by atoms with Gasteiger partial charge in [0.05, 0.1) is 17.7 Å². The summed E-state index contributed by atoms with van der Waals surface area (Å²) in [6, 6.07) is 10.0. The van der Waals surface area contributed by atoms with Gasteiger partial charge in [0.15, 0.2) is 0 Å². The number of phenolic OH excluding ortho intramolecular Hbond substituents is 1. The minimum atomic E-state index is -0.370. The molecule has 0 unspecified atom stereocenters. The summed E-state index contributed by atoms with van der Waals surface area (Å²) in [5.41, 5.74) is 1.24. The summed E-state index contributed by atoms with van der Waals surface area (Å²) < 4.78 is 1.37. The molecule has 2 aromatic rings. The maximum atomic E-state index is 12.6. The van der Waals surface area contributed by atoms with Gasteiger partial charge in [-0.25, -0.2) is 4.90 Å². The van der Waals surface area contributed by atoms with Gasteiger partial charge in [-0.1, -0.05) is 11.6 Å². The number of nitrogens with zero attached hydrogens (tertiary/aromatic N) is 1. The Morgan fingerprint density at radius 2 is 1.67 bits per heavy atom. The normalized spacial score (nSPS) is 16.3. The van der Waals surface area contributed by atoms with E-state index < -0.39 is 0 Å². The average Bonchev–Trinajstić information content (AvgIpc) is 2.80. The van der Waals surface area contributed by atoms with Crippen LogP contribution in [-0.4, -0.2) is 16.3 Å². The van der Waals surface area contributed by atoms with E-state index in [9.17, 15) is 14.7 Å². The third-order valence-electron chi connectivity index (χ3n) is 3.22. The molecule has 0 bridgehead atoms. The van der Waals surface area contributed by atoms with Crippen LogP contribution in [0.3, 0.4) is 0 Å². The number of hydrogen-bond acceptors (Lipinski definition) is 4. The summed E-state index contributed by atoms with van der Waals surface area (Å²) in [6.45, 7) is 0. The van der Waals surface area contributed by atoms with Crippen LogP contribution in [0.4, 0.5) is 10.5 Å². The van der Waals surface area contributed by atoms with Gasteiger partial charge in [0.1, 0.15) is 5.75 Å². The van der Waals surface area contributed by atoms with Crippen molar-refractivity contribution in [3.8, 4) is 5.75 Å². The number of benzene rings is 2. The van der Waals surface area contributed by atoms with Crippen LogP contribution in [0.1, 0.15) is 5.56 Å². The Hall–Kier alpha value is -0.780. The first-order valence-corrected chi connectivity index (χ1v) is 9.93. The van der Waals surface area contributed by atoms with Crippen LogP contribution < -0.4 is 4.90 Å². The van der Waals surface area contributed by atoms with Gasteiger partial charge >= 0.3 is 0 Å². The number of hydrogen-bond donors (Lipinski definition) is 1. The topological polar surface area (TPSA) is 57.6 Å². The number of aromatic hydroxyl groups is 1. The van der Waals surface area contributed by atoms with Gasteiger partial charge in [-0.2, -0.15) is 0 Å². The molecular weight excluding hydrogens is 576 g/mol. The lowest BCUT2D eigenvalue weighted by Crippen LogP contribution is -2.27. The van der Waals surface area contributed by atoms with Gasteiger partial charge in [0, 0.05) is 5.02 Å². The minimum Gasteiger partial charge on any atom is -0.506 e. The van der Waals surface area contributed by atoms with E-state index in [0.29, 0.717) is 22.8 Å². The van der Waals surface area contributed by atoms with Crippen molar-refractivity contribution in [2.45, 2.75) is 0 Å². The molecule has 122 valence electrons. The van der Waals surface area contributed by atoms with Crippen LogP contribution in [0.2, 0.25) is 5.02 Å². The number of phenols is 1. The fourth-order valence-electron chi connectivity index (χ4n) is 2.10. The Balaban J connectivity index is 1.95. The van der Waals surface area contributed by atoms with E-state index in [4.69, 9.17) is 11.6 Å². The number of carbonyl (C=O) groups is 2. The summed E-state index contributed by atoms with van der Waals surface area (Å²) >= 11 is 10.8. The van der Waals surface area contributed by atoms with E-state index in [2.05, 4.69) is 0 Å². The molecule has 0 saturated carbocycles. The van der Waals surface area contributed by atoms with E-state index in [0.717, 1.165) is 22.2 Å². The van der Waals surface area contributed by atoms with E-state index in [1.54, 1.807) is 42.5 Å². The van der Waals surface area contributed by atoms with Crippen molar-refractivity contribution in [1.29, 1.82) is 0 Å². The van der Waals surface area contributed by atoms with Crippen molar-refractivity contribution in [2.24, 2.45) is 0 Å². The standard InChI is InChI=1S/C16H8ClI2NO3S/c17-9-1-3-10(4-2-9)20-15(22)13(24-16(20)23)7-8-5-11(18)14(21)12(19)6-8/h1-7,21H/b13-7+. The van der Waals surface area contributed by atoms with Crippen molar-refractivity contribution < 1.29 is 14.7 Å². The predicted molar refractivity (Wildman–Crippen MR) is 113 cm³/mol. The Labute approximate surface area is 174 Å². The molecule has 2 amide bonds. The molecule has 1 saturated heterocycles. The van der Waals surface area contributed by atoms with Crippen molar-refractivity contribution >= 4 is 91.5 Å².